The van der Waals surface area contributed by atoms with E-state index < -0.39 is 0 Å². The van der Waals surface area contributed by atoms with E-state index in [0.29, 0.717) is 0 Å². The summed E-state index contributed by atoms with van der Waals surface area (Å²) < 4.78 is 1.61. The van der Waals surface area contributed by atoms with Crippen LogP contribution in [0.25, 0.3) is 0 Å². The summed E-state index contributed by atoms with van der Waals surface area (Å²) in [7, 11) is 0. The number of nitrogens with zero attached hydrogens (tertiary/aromatic N) is 1. The second-order valence-electron chi connectivity index (χ2n) is 2.15. The van der Waals surface area contributed by atoms with Crippen LogP contribution in [0.15, 0.2) is 18.3 Å². The molecular formula is C8H12NO. The third kappa shape index (κ3) is 2.13. The van der Waals surface area contributed by atoms with E-state index in [-0.39, 0.29) is 0 Å². The maximum absolute atomic E-state index is 5.25. The first kappa shape index (κ1) is 7.19. The van der Waals surface area contributed by atoms with Crippen molar-refractivity contribution in [2.24, 2.45) is 0 Å². The van der Waals surface area contributed by atoms with E-state index in [1.54, 1.807) is 4.73 Å². The lowest BCUT2D eigenvalue weighted by Gasteiger charge is -2.03. The first-order valence-corrected chi connectivity index (χ1v) is 3.62. The minimum Gasteiger partial charge on any atom is -0.414 e. The molecule has 0 aliphatic carbocycles. The van der Waals surface area contributed by atoms with Gasteiger partial charge < -0.3 is 4.84 Å². The lowest BCUT2D eigenvalue weighted by Crippen LogP contribution is -2.09. The molecule has 1 heterocycles. The third-order valence-electron chi connectivity index (χ3n) is 1.25. The van der Waals surface area contributed by atoms with E-state index in [1.807, 2.05) is 18.3 Å². The molecule has 1 rings (SSSR count). The number of hydrogen-bond acceptors (Lipinski definition) is 1. The van der Waals surface area contributed by atoms with Crippen LogP contribution in [0.4, 0.5) is 0 Å². The zero-order valence-corrected chi connectivity index (χ0v) is 6.21. The Bertz CT molecular complexity index is 158. The molecule has 0 spiro atoms. The predicted octanol–water partition coefficient (Wildman–Crippen LogP) is 1.52. The van der Waals surface area contributed by atoms with Gasteiger partial charge >= 0.3 is 0 Å². The maximum Gasteiger partial charge on any atom is 0.115 e. The number of hydrogen-bond donors (Lipinski definition) is 0. The molecular weight excluding hydrogens is 126 g/mol. The Hall–Kier alpha value is -0.920. The molecule has 2 heteroatoms. The lowest BCUT2D eigenvalue weighted by molar-refractivity contribution is 0.107. The quantitative estimate of drug-likeness (QED) is 0.575. The van der Waals surface area contributed by atoms with Gasteiger partial charge in [-0.25, -0.2) is 0 Å². The minimum absolute atomic E-state index is 0.779. The van der Waals surface area contributed by atoms with Crippen molar-refractivity contribution >= 4 is 0 Å². The molecule has 55 valence electrons. The van der Waals surface area contributed by atoms with Crippen LogP contribution in [0.1, 0.15) is 19.8 Å². The van der Waals surface area contributed by atoms with Gasteiger partial charge in [0.1, 0.15) is 12.8 Å². The highest BCUT2D eigenvalue weighted by Gasteiger charge is 1.86. The van der Waals surface area contributed by atoms with E-state index in [2.05, 4.69) is 13.1 Å². The van der Waals surface area contributed by atoms with Crippen LogP contribution < -0.4 is 4.84 Å². The number of aromatic nitrogens is 1. The van der Waals surface area contributed by atoms with Crippen LogP contribution in [-0.2, 0) is 0 Å². The summed E-state index contributed by atoms with van der Waals surface area (Å²) in [6.07, 6.45) is 7.00. The average molecular weight is 138 g/mol. The highest BCUT2D eigenvalue weighted by atomic mass is 16.7. The summed E-state index contributed by atoms with van der Waals surface area (Å²) in [4.78, 5) is 5.25. The van der Waals surface area contributed by atoms with Crippen LogP contribution in [-0.4, -0.2) is 11.3 Å². The SMILES string of the molecule is CCCCOn1[c]ccc1. The summed E-state index contributed by atoms with van der Waals surface area (Å²) in [5.41, 5.74) is 0. The molecule has 0 N–H and O–H groups in total. The van der Waals surface area contributed by atoms with E-state index in [1.165, 1.54) is 6.42 Å². The van der Waals surface area contributed by atoms with Gasteiger partial charge in [-0.2, -0.15) is 4.73 Å². The van der Waals surface area contributed by atoms with Gasteiger partial charge in [0.25, 0.3) is 0 Å². The van der Waals surface area contributed by atoms with Crippen molar-refractivity contribution in [3.63, 3.8) is 0 Å². The summed E-state index contributed by atoms with van der Waals surface area (Å²) in [6, 6.07) is 3.72. The molecule has 0 aromatic carbocycles. The van der Waals surface area contributed by atoms with Crippen molar-refractivity contribution in [1.82, 2.24) is 4.73 Å². The molecule has 1 aromatic rings. The highest BCUT2D eigenvalue weighted by Crippen LogP contribution is 1.87. The van der Waals surface area contributed by atoms with E-state index >= 15 is 0 Å². The summed E-state index contributed by atoms with van der Waals surface area (Å²) in [5, 5.41) is 0. The Labute approximate surface area is 61.4 Å². The Morgan fingerprint density at radius 2 is 2.50 bits per heavy atom. The molecule has 0 fully saturated rings. The van der Waals surface area contributed by atoms with Gasteiger partial charge in [0.2, 0.25) is 0 Å². The van der Waals surface area contributed by atoms with Crippen LogP contribution >= 0.6 is 0 Å². The Balaban J connectivity index is 2.15. The predicted molar refractivity (Wildman–Crippen MR) is 39.6 cm³/mol. The molecule has 10 heavy (non-hydrogen) atoms. The summed E-state index contributed by atoms with van der Waals surface area (Å²) in [5.74, 6) is 0. The molecule has 2 nitrogen and oxygen atoms in total. The van der Waals surface area contributed by atoms with Gasteiger partial charge in [-0.05, 0) is 18.6 Å². The van der Waals surface area contributed by atoms with Gasteiger partial charge in [-0.1, -0.05) is 13.3 Å². The minimum atomic E-state index is 0.779. The highest BCUT2D eigenvalue weighted by molar-refractivity contribution is 4.85. The molecule has 0 saturated heterocycles. The van der Waals surface area contributed by atoms with Crippen molar-refractivity contribution in [1.29, 1.82) is 0 Å². The number of rotatable bonds is 4. The first-order valence-electron chi connectivity index (χ1n) is 3.62. The van der Waals surface area contributed by atoms with Crippen molar-refractivity contribution in [2.75, 3.05) is 6.61 Å². The molecule has 1 radical (unpaired) electrons. The normalized spacial score (nSPS) is 9.70. The van der Waals surface area contributed by atoms with E-state index in [4.69, 9.17) is 4.84 Å². The molecule has 1 aromatic heterocycles. The molecule has 0 saturated carbocycles. The molecule has 0 amide bonds. The van der Waals surface area contributed by atoms with Gasteiger partial charge in [-0.3, -0.25) is 0 Å². The monoisotopic (exact) mass is 138 g/mol. The van der Waals surface area contributed by atoms with Gasteiger partial charge in [0.05, 0.1) is 0 Å². The van der Waals surface area contributed by atoms with Crippen LogP contribution in [0.3, 0.4) is 0 Å². The first-order chi connectivity index (χ1) is 4.93. The van der Waals surface area contributed by atoms with E-state index in [0.717, 1.165) is 13.0 Å². The second-order valence-corrected chi connectivity index (χ2v) is 2.15. The molecule has 0 bridgehead atoms. The average Bonchev–Trinajstić information content (AvgIpc) is 2.41. The lowest BCUT2D eigenvalue weighted by atomic mass is 10.4. The smallest absolute Gasteiger partial charge is 0.115 e. The van der Waals surface area contributed by atoms with Gasteiger partial charge in [0.15, 0.2) is 0 Å². The fraction of sp³-hybridized carbons (Fsp3) is 0.500. The topological polar surface area (TPSA) is 14.2 Å². The number of unbranched alkanes of at least 4 members (excludes halogenated alkanes) is 1. The Kier molecular flexibility index (Phi) is 2.87. The molecule has 0 aliphatic rings. The Morgan fingerprint density at radius 3 is 3.10 bits per heavy atom. The summed E-state index contributed by atoms with van der Waals surface area (Å²) in [6.45, 7) is 2.92. The largest absolute Gasteiger partial charge is 0.414 e. The van der Waals surface area contributed by atoms with Gasteiger partial charge in [0, 0.05) is 6.20 Å². The van der Waals surface area contributed by atoms with Crippen LogP contribution in [0.2, 0.25) is 0 Å². The molecule has 0 unspecified atom stereocenters. The molecule has 0 aliphatic heterocycles. The van der Waals surface area contributed by atoms with Crippen molar-refractivity contribution < 1.29 is 4.84 Å². The zero-order valence-electron chi connectivity index (χ0n) is 6.21. The maximum atomic E-state index is 5.25. The van der Waals surface area contributed by atoms with Crippen molar-refractivity contribution in [3.8, 4) is 0 Å². The van der Waals surface area contributed by atoms with Gasteiger partial charge in [-0.15, -0.1) is 0 Å². The third-order valence-corrected chi connectivity index (χ3v) is 1.25. The van der Waals surface area contributed by atoms with Crippen molar-refractivity contribution in [3.05, 3.63) is 24.5 Å². The van der Waals surface area contributed by atoms with Crippen molar-refractivity contribution in [2.45, 2.75) is 19.8 Å². The van der Waals surface area contributed by atoms with Crippen LogP contribution in [0, 0.1) is 6.20 Å². The van der Waals surface area contributed by atoms with E-state index in [9.17, 15) is 0 Å². The second kappa shape index (κ2) is 3.99. The zero-order chi connectivity index (χ0) is 7.23. The summed E-state index contributed by atoms with van der Waals surface area (Å²) >= 11 is 0. The fourth-order valence-electron chi connectivity index (χ4n) is 0.668. The van der Waals surface area contributed by atoms with Crippen LogP contribution in [0.5, 0.6) is 0 Å². The Morgan fingerprint density at radius 1 is 1.60 bits per heavy atom. The fourth-order valence-corrected chi connectivity index (χ4v) is 0.668. The standard InChI is InChI=1S/C8H12NO/c1-2-3-8-10-9-6-4-5-7-9/h4-6H,2-3,8H2,1H3. The molecule has 0 atom stereocenters.